The number of ether oxygens (including phenoxy) is 2. The average Bonchev–Trinajstić information content (AvgIpc) is 2.89. The summed E-state index contributed by atoms with van der Waals surface area (Å²) < 4.78 is 10.9. The highest BCUT2D eigenvalue weighted by atomic mass is 16.5. The Morgan fingerprint density at radius 2 is 1.53 bits per heavy atom. The Balaban J connectivity index is 1.51. The molecule has 0 saturated carbocycles. The van der Waals surface area contributed by atoms with Gasteiger partial charge in [0.2, 0.25) is 0 Å². The van der Waals surface area contributed by atoms with Crippen LogP contribution in [0.4, 0.5) is 11.4 Å². The summed E-state index contributed by atoms with van der Waals surface area (Å²) in [6, 6.07) is 19.6. The van der Waals surface area contributed by atoms with Gasteiger partial charge in [0, 0.05) is 11.4 Å². The fraction of sp³-hybridized carbons (Fsp3) is 0.185. The van der Waals surface area contributed by atoms with Crippen molar-refractivity contribution in [1.82, 2.24) is 5.43 Å². The van der Waals surface area contributed by atoms with Gasteiger partial charge in [0.05, 0.1) is 13.3 Å². The van der Waals surface area contributed by atoms with Crippen LogP contribution in [0.15, 0.2) is 71.8 Å². The largest absolute Gasteiger partial charge is 0.493 e. The molecule has 0 spiro atoms. The summed E-state index contributed by atoms with van der Waals surface area (Å²) in [6.07, 6.45) is 2.28. The third-order valence-electron chi connectivity index (χ3n) is 5.09. The smallest absolute Gasteiger partial charge is 0.329 e. The molecular weight excluding hydrogens is 460 g/mol. The third kappa shape index (κ3) is 7.69. The Morgan fingerprint density at radius 3 is 2.19 bits per heavy atom. The summed E-state index contributed by atoms with van der Waals surface area (Å²) in [5.74, 6) is -1.31. The quantitative estimate of drug-likeness (QED) is 0.241. The molecule has 0 aliphatic rings. The number of nitrogens with zero attached hydrogens (tertiary/aromatic N) is 1. The number of rotatable bonds is 9. The number of benzene rings is 3. The van der Waals surface area contributed by atoms with Gasteiger partial charge in [-0.05, 0) is 66.9 Å². The molecule has 3 rings (SSSR count). The maximum absolute atomic E-state index is 12.2. The number of hydrazone groups is 1. The first-order valence-corrected chi connectivity index (χ1v) is 11.3. The van der Waals surface area contributed by atoms with E-state index < -0.39 is 11.8 Å². The van der Waals surface area contributed by atoms with Crippen LogP contribution in [0.2, 0.25) is 0 Å². The lowest BCUT2D eigenvalue weighted by Gasteiger charge is -2.11. The van der Waals surface area contributed by atoms with Crippen LogP contribution < -0.4 is 25.5 Å². The first-order valence-electron chi connectivity index (χ1n) is 11.3. The van der Waals surface area contributed by atoms with Crippen LogP contribution in [0.3, 0.4) is 0 Å². The second-order valence-electron chi connectivity index (χ2n) is 7.82. The van der Waals surface area contributed by atoms with E-state index in [1.54, 1.807) is 30.3 Å². The minimum Gasteiger partial charge on any atom is -0.493 e. The molecule has 0 heterocycles. The lowest BCUT2D eigenvalue weighted by atomic mass is 10.1. The average molecular weight is 489 g/mol. The molecule has 3 amide bonds. The fourth-order valence-corrected chi connectivity index (χ4v) is 3.09. The molecule has 0 saturated heterocycles. The Labute approximate surface area is 209 Å². The molecule has 0 aromatic heterocycles. The van der Waals surface area contributed by atoms with E-state index >= 15 is 0 Å². The number of anilines is 2. The molecule has 0 fully saturated rings. The van der Waals surface area contributed by atoms with E-state index in [4.69, 9.17) is 9.47 Å². The van der Waals surface area contributed by atoms with E-state index in [-0.39, 0.29) is 12.5 Å². The maximum atomic E-state index is 12.2. The Morgan fingerprint density at radius 1 is 0.861 bits per heavy atom. The molecule has 3 aromatic carbocycles. The van der Waals surface area contributed by atoms with E-state index in [9.17, 15) is 14.4 Å². The van der Waals surface area contributed by atoms with Crippen LogP contribution >= 0.6 is 0 Å². The second kappa shape index (κ2) is 12.7. The monoisotopic (exact) mass is 488 g/mol. The van der Waals surface area contributed by atoms with Crippen LogP contribution in [-0.2, 0) is 20.8 Å². The summed E-state index contributed by atoms with van der Waals surface area (Å²) >= 11 is 0. The normalized spacial score (nSPS) is 10.5. The summed E-state index contributed by atoms with van der Waals surface area (Å²) in [7, 11) is 1.47. The Kier molecular flexibility index (Phi) is 9.16. The molecule has 0 atom stereocenters. The number of carbonyl (C=O) groups is 3. The predicted octanol–water partition coefficient (Wildman–Crippen LogP) is 3.67. The molecule has 9 nitrogen and oxygen atoms in total. The number of methoxy groups -OCH3 is 1. The van der Waals surface area contributed by atoms with Crippen molar-refractivity contribution in [3.8, 4) is 11.5 Å². The number of carbonyl (C=O) groups excluding carboxylic acids is 3. The lowest BCUT2D eigenvalue weighted by molar-refractivity contribution is -0.136. The first-order chi connectivity index (χ1) is 17.4. The summed E-state index contributed by atoms with van der Waals surface area (Å²) in [4.78, 5) is 36.2. The maximum Gasteiger partial charge on any atom is 0.329 e. The molecule has 3 N–H and O–H groups in total. The van der Waals surface area contributed by atoms with Crippen LogP contribution in [0, 0.1) is 6.92 Å². The molecule has 186 valence electrons. The van der Waals surface area contributed by atoms with Gasteiger partial charge in [-0.25, -0.2) is 5.43 Å². The number of nitrogens with one attached hydrogen (secondary N) is 3. The van der Waals surface area contributed by atoms with E-state index in [2.05, 4.69) is 28.1 Å². The Hall–Kier alpha value is -4.66. The highest BCUT2D eigenvalue weighted by molar-refractivity contribution is 6.39. The second-order valence-corrected chi connectivity index (χ2v) is 7.82. The first kappa shape index (κ1) is 26.0. The zero-order valence-corrected chi connectivity index (χ0v) is 20.3. The molecule has 0 aliphatic carbocycles. The lowest BCUT2D eigenvalue weighted by Crippen LogP contribution is -2.32. The SMILES string of the molecule is CCc1ccc(NC(=O)COc2ccc(/C=N\NC(=O)C(=O)Nc3ccc(C)cc3)cc2OC)cc1. The molecule has 36 heavy (non-hydrogen) atoms. The highest BCUT2D eigenvalue weighted by Gasteiger charge is 2.13. The topological polar surface area (TPSA) is 118 Å². The molecule has 0 radical (unpaired) electrons. The third-order valence-corrected chi connectivity index (χ3v) is 5.09. The highest BCUT2D eigenvalue weighted by Crippen LogP contribution is 2.27. The van der Waals surface area contributed by atoms with Crippen molar-refractivity contribution >= 4 is 35.3 Å². The van der Waals surface area contributed by atoms with Crippen molar-refractivity contribution in [2.45, 2.75) is 20.3 Å². The molecule has 9 heteroatoms. The van der Waals surface area contributed by atoms with Crippen molar-refractivity contribution in [1.29, 1.82) is 0 Å². The van der Waals surface area contributed by atoms with E-state index in [0.717, 1.165) is 12.0 Å². The van der Waals surface area contributed by atoms with Crippen LogP contribution in [0.1, 0.15) is 23.6 Å². The van der Waals surface area contributed by atoms with Gasteiger partial charge >= 0.3 is 11.8 Å². The predicted molar refractivity (Wildman–Crippen MR) is 138 cm³/mol. The van der Waals surface area contributed by atoms with Crippen LogP contribution in [-0.4, -0.2) is 37.7 Å². The van der Waals surface area contributed by atoms with Gasteiger partial charge in [0.25, 0.3) is 5.91 Å². The van der Waals surface area contributed by atoms with Crippen LogP contribution in [0.5, 0.6) is 11.5 Å². The van der Waals surface area contributed by atoms with Gasteiger partial charge in [0.15, 0.2) is 18.1 Å². The van der Waals surface area contributed by atoms with Crippen molar-refractivity contribution in [2.24, 2.45) is 5.10 Å². The van der Waals surface area contributed by atoms with Gasteiger partial charge in [0.1, 0.15) is 0 Å². The minimum atomic E-state index is -0.908. The van der Waals surface area contributed by atoms with E-state index in [0.29, 0.717) is 28.4 Å². The van der Waals surface area contributed by atoms with Gasteiger partial charge in [-0.1, -0.05) is 36.8 Å². The van der Waals surface area contributed by atoms with Crippen LogP contribution in [0.25, 0.3) is 0 Å². The molecule has 0 aliphatic heterocycles. The van der Waals surface area contributed by atoms with E-state index in [1.165, 1.54) is 18.9 Å². The van der Waals surface area contributed by atoms with Crippen molar-refractivity contribution in [2.75, 3.05) is 24.4 Å². The van der Waals surface area contributed by atoms with Crippen molar-refractivity contribution in [3.63, 3.8) is 0 Å². The van der Waals surface area contributed by atoms with Gasteiger partial charge in [-0.15, -0.1) is 0 Å². The number of amides is 3. The fourth-order valence-electron chi connectivity index (χ4n) is 3.09. The summed E-state index contributed by atoms with van der Waals surface area (Å²) in [5.41, 5.74) is 6.18. The van der Waals surface area contributed by atoms with Gasteiger partial charge in [-0.2, -0.15) is 5.10 Å². The minimum absolute atomic E-state index is 0.203. The summed E-state index contributed by atoms with van der Waals surface area (Å²) in [6.45, 7) is 3.78. The molecular formula is C27H28N4O5. The van der Waals surface area contributed by atoms with Gasteiger partial charge in [-0.3, -0.25) is 14.4 Å². The zero-order chi connectivity index (χ0) is 25.9. The standard InChI is InChI=1S/C27H28N4O5/c1-4-19-7-12-21(13-8-19)29-25(32)17-36-23-14-9-20(15-24(23)35-3)16-28-31-27(34)26(33)30-22-10-5-18(2)6-11-22/h5-16H,4,17H2,1-3H3,(H,29,32)(H,30,33)(H,31,34)/b28-16-. The molecule has 0 unspecified atom stereocenters. The summed E-state index contributed by atoms with van der Waals surface area (Å²) in [5, 5.41) is 9.08. The number of hydrogen-bond donors (Lipinski definition) is 3. The number of aryl methyl sites for hydroxylation is 2. The zero-order valence-electron chi connectivity index (χ0n) is 20.3. The molecule has 0 bridgehead atoms. The number of hydrogen-bond acceptors (Lipinski definition) is 6. The Bertz CT molecular complexity index is 1240. The van der Waals surface area contributed by atoms with Gasteiger partial charge < -0.3 is 20.1 Å². The van der Waals surface area contributed by atoms with Crippen molar-refractivity contribution < 1.29 is 23.9 Å². The molecule has 3 aromatic rings. The van der Waals surface area contributed by atoms with Crippen molar-refractivity contribution in [3.05, 3.63) is 83.4 Å². The van der Waals surface area contributed by atoms with E-state index in [1.807, 2.05) is 43.3 Å².